The van der Waals surface area contributed by atoms with E-state index in [1.165, 1.54) is 7.11 Å². The molecule has 0 heterocycles. The topological polar surface area (TPSA) is 74.2 Å². The fourth-order valence-electron chi connectivity index (χ4n) is 3.30. The van der Waals surface area contributed by atoms with Gasteiger partial charge < -0.3 is 24.1 Å². The van der Waals surface area contributed by atoms with Crippen molar-refractivity contribution in [2.24, 2.45) is 0 Å². The number of aryl methyl sites for hydroxylation is 1. The number of para-hydroxylation sites is 1. The second-order valence-corrected chi connectivity index (χ2v) is 7.48. The molecule has 0 bridgehead atoms. The Morgan fingerprint density at radius 2 is 1.64 bits per heavy atom. The smallest absolute Gasteiger partial charge is 0.339 e. The monoisotopic (exact) mass is 450 g/mol. The van der Waals surface area contributed by atoms with E-state index in [1.807, 2.05) is 48.5 Å². The largest absolute Gasteiger partial charge is 0.493 e. The molecule has 0 aromatic heterocycles. The first-order chi connectivity index (χ1) is 16.1. The van der Waals surface area contributed by atoms with E-state index < -0.39 is 12.1 Å². The van der Waals surface area contributed by atoms with Crippen molar-refractivity contribution < 1.29 is 28.8 Å². The Labute approximate surface area is 194 Å². The highest BCUT2D eigenvalue weighted by Gasteiger charge is 2.18. The molecule has 6 nitrogen and oxygen atoms in total. The Kier molecular flexibility index (Phi) is 9.15. The zero-order valence-corrected chi connectivity index (χ0v) is 19.0. The van der Waals surface area contributed by atoms with Crippen LogP contribution >= 0.6 is 0 Å². The third-order valence-corrected chi connectivity index (χ3v) is 4.94. The molecule has 0 amide bonds. The lowest BCUT2D eigenvalue weighted by Crippen LogP contribution is -2.13. The van der Waals surface area contributed by atoms with E-state index in [-0.39, 0.29) is 0 Å². The first-order valence-corrected chi connectivity index (χ1v) is 11.1. The standard InChI is InChI=1S/C27H30O6/c1-3-9-20-18-24(33-22-11-5-4-6-12-22)14-15-25(20)32-17-8-16-31-23-13-7-10-21(19-23)26(28)27(29)30-2/h4-7,10-15,18-19,26,28H,3,8-9,16-17H2,1-2H3. The van der Waals surface area contributed by atoms with Crippen molar-refractivity contribution in [3.63, 3.8) is 0 Å². The third-order valence-electron chi connectivity index (χ3n) is 4.94. The van der Waals surface area contributed by atoms with Gasteiger partial charge in [0.15, 0.2) is 6.10 Å². The molecule has 3 rings (SSSR count). The van der Waals surface area contributed by atoms with Gasteiger partial charge in [0, 0.05) is 6.42 Å². The van der Waals surface area contributed by atoms with Gasteiger partial charge in [0.2, 0.25) is 0 Å². The SMILES string of the molecule is CCCc1cc(Oc2ccccc2)ccc1OCCCOc1cccc(C(O)C(=O)OC)c1. The molecule has 33 heavy (non-hydrogen) atoms. The Bertz CT molecular complexity index is 1020. The number of methoxy groups -OCH3 is 1. The summed E-state index contributed by atoms with van der Waals surface area (Å²) in [5.74, 6) is 2.30. The van der Waals surface area contributed by atoms with Gasteiger partial charge in [-0.2, -0.15) is 0 Å². The van der Waals surface area contributed by atoms with E-state index in [0.717, 1.165) is 35.7 Å². The average molecular weight is 451 g/mol. The molecule has 0 radical (unpaired) electrons. The molecule has 0 aliphatic carbocycles. The summed E-state index contributed by atoms with van der Waals surface area (Å²) in [6.07, 6.45) is 1.25. The molecule has 174 valence electrons. The molecule has 0 fully saturated rings. The van der Waals surface area contributed by atoms with Crippen molar-refractivity contribution in [3.05, 3.63) is 83.9 Å². The fraction of sp³-hybridized carbons (Fsp3) is 0.296. The summed E-state index contributed by atoms with van der Waals surface area (Å²) in [5, 5.41) is 9.96. The number of rotatable bonds is 12. The van der Waals surface area contributed by atoms with Crippen LogP contribution in [0.3, 0.4) is 0 Å². The Morgan fingerprint density at radius 3 is 2.39 bits per heavy atom. The van der Waals surface area contributed by atoms with Crippen molar-refractivity contribution in [2.45, 2.75) is 32.3 Å². The second-order valence-electron chi connectivity index (χ2n) is 7.48. The minimum atomic E-state index is -1.33. The normalized spacial score (nSPS) is 11.5. The van der Waals surface area contributed by atoms with E-state index in [1.54, 1.807) is 24.3 Å². The number of hydrogen-bond donors (Lipinski definition) is 1. The number of carbonyl (C=O) groups excluding carboxylic acids is 1. The minimum absolute atomic E-state index is 0.428. The predicted molar refractivity (Wildman–Crippen MR) is 126 cm³/mol. The summed E-state index contributed by atoms with van der Waals surface area (Å²) in [5.41, 5.74) is 1.54. The molecule has 0 saturated carbocycles. The van der Waals surface area contributed by atoms with Gasteiger partial charge in [-0.05, 0) is 60.0 Å². The quantitative estimate of drug-likeness (QED) is 0.291. The Morgan fingerprint density at radius 1 is 0.879 bits per heavy atom. The van der Waals surface area contributed by atoms with Gasteiger partial charge in [-0.25, -0.2) is 4.79 Å². The summed E-state index contributed by atoms with van der Waals surface area (Å²) in [4.78, 5) is 11.5. The zero-order chi connectivity index (χ0) is 23.5. The highest BCUT2D eigenvalue weighted by atomic mass is 16.5. The molecule has 3 aromatic rings. The summed E-state index contributed by atoms with van der Waals surface area (Å²) in [6, 6.07) is 22.4. The number of carbonyl (C=O) groups is 1. The maximum atomic E-state index is 11.5. The zero-order valence-electron chi connectivity index (χ0n) is 19.0. The molecule has 0 aliphatic rings. The van der Waals surface area contributed by atoms with E-state index in [9.17, 15) is 9.90 Å². The van der Waals surface area contributed by atoms with Crippen molar-refractivity contribution in [1.29, 1.82) is 0 Å². The van der Waals surface area contributed by atoms with Crippen LogP contribution in [-0.2, 0) is 16.0 Å². The van der Waals surface area contributed by atoms with Crippen LogP contribution in [0, 0.1) is 0 Å². The predicted octanol–water partition coefficient (Wildman–Crippen LogP) is 5.49. The van der Waals surface area contributed by atoms with Gasteiger partial charge in [-0.15, -0.1) is 0 Å². The van der Waals surface area contributed by atoms with Gasteiger partial charge in [-0.3, -0.25) is 0 Å². The van der Waals surface area contributed by atoms with Gasteiger partial charge in [0.1, 0.15) is 23.0 Å². The average Bonchev–Trinajstić information content (AvgIpc) is 2.85. The van der Waals surface area contributed by atoms with Crippen LogP contribution in [-0.4, -0.2) is 31.4 Å². The number of ether oxygens (including phenoxy) is 4. The van der Waals surface area contributed by atoms with Crippen LogP contribution in [0.1, 0.15) is 37.0 Å². The number of aliphatic hydroxyl groups is 1. The number of esters is 1. The van der Waals surface area contributed by atoms with Crippen LogP contribution in [0.15, 0.2) is 72.8 Å². The molecular formula is C27H30O6. The van der Waals surface area contributed by atoms with E-state index >= 15 is 0 Å². The lowest BCUT2D eigenvalue weighted by Gasteiger charge is -2.14. The van der Waals surface area contributed by atoms with E-state index in [2.05, 4.69) is 11.7 Å². The van der Waals surface area contributed by atoms with Crippen molar-refractivity contribution >= 4 is 5.97 Å². The van der Waals surface area contributed by atoms with Crippen LogP contribution in [0.2, 0.25) is 0 Å². The number of benzene rings is 3. The maximum Gasteiger partial charge on any atom is 0.339 e. The molecule has 6 heteroatoms. The Hall–Kier alpha value is -3.51. The van der Waals surface area contributed by atoms with Crippen LogP contribution < -0.4 is 14.2 Å². The second kappa shape index (κ2) is 12.5. The third kappa shape index (κ3) is 7.26. The molecule has 1 unspecified atom stereocenters. The van der Waals surface area contributed by atoms with E-state index in [4.69, 9.17) is 14.2 Å². The van der Waals surface area contributed by atoms with E-state index in [0.29, 0.717) is 30.9 Å². The Balaban J connectivity index is 1.50. The summed E-state index contributed by atoms with van der Waals surface area (Å²) in [7, 11) is 1.24. The summed E-state index contributed by atoms with van der Waals surface area (Å²) < 4.78 is 22.3. The molecule has 0 spiro atoms. The van der Waals surface area contributed by atoms with Crippen LogP contribution in [0.4, 0.5) is 0 Å². The summed E-state index contributed by atoms with van der Waals surface area (Å²) >= 11 is 0. The van der Waals surface area contributed by atoms with Crippen LogP contribution in [0.25, 0.3) is 0 Å². The fourth-order valence-corrected chi connectivity index (χ4v) is 3.30. The minimum Gasteiger partial charge on any atom is -0.493 e. The molecular weight excluding hydrogens is 420 g/mol. The molecule has 1 atom stereocenters. The first kappa shape index (κ1) is 24.1. The molecule has 0 aliphatic heterocycles. The van der Waals surface area contributed by atoms with Gasteiger partial charge >= 0.3 is 5.97 Å². The maximum absolute atomic E-state index is 11.5. The van der Waals surface area contributed by atoms with Gasteiger partial charge in [-0.1, -0.05) is 43.7 Å². The lowest BCUT2D eigenvalue weighted by atomic mass is 10.1. The number of hydrogen-bond acceptors (Lipinski definition) is 6. The molecule has 0 saturated heterocycles. The van der Waals surface area contributed by atoms with Crippen molar-refractivity contribution in [1.82, 2.24) is 0 Å². The lowest BCUT2D eigenvalue weighted by molar-refractivity contribution is -0.150. The molecule has 1 N–H and O–H groups in total. The molecule has 3 aromatic carbocycles. The first-order valence-electron chi connectivity index (χ1n) is 11.1. The van der Waals surface area contributed by atoms with Crippen molar-refractivity contribution in [2.75, 3.05) is 20.3 Å². The number of aliphatic hydroxyl groups excluding tert-OH is 1. The van der Waals surface area contributed by atoms with Gasteiger partial charge in [0.25, 0.3) is 0 Å². The summed E-state index contributed by atoms with van der Waals surface area (Å²) in [6.45, 7) is 3.07. The highest BCUT2D eigenvalue weighted by molar-refractivity contribution is 5.76. The van der Waals surface area contributed by atoms with Crippen molar-refractivity contribution in [3.8, 4) is 23.0 Å². The van der Waals surface area contributed by atoms with Crippen LogP contribution in [0.5, 0.6) is 23.0 Å². The van der Waals surface area contributed by atoms with Gasteiger partial charge in [0.05, 0.1) is 20.3 Å². The highest BCUT2D eigenvalue weighted by Crippen LogP contribution is 2.29.